The summed E-state index contributed by atoms with van der Waals surface area (Å²) in [7, 11) is 1.52. The lowest BCUT2D eigenvalue weighted by Crippen LogP contribution is -2.41. The molecule has 0 aromatic heterocycles. The molecule has 20 heavy (non-hydrogen) atoms. The van der Waals surface area contributed by atoms with Gasteiger partial charge in [0.15, 0.2) is 12.4 Å². The molecule has 1 N–H and O–H groups in total. The Hall–Kier alpha value is -2.04. The van der Waals surface area contributed by atoms with Crippen molar-refractivity contribution in [3.8, 4) is 11.5 Å². The van der Waals surface area contributed by atoms with Crippen LogP contribution in [0, 0.1) is 0 Å². The van der Waals surface area contributed by atoms with Crippen LogP contribution in [0.15, 0.2) is 18.2 Å². The summed E-state index contributed by atoms with van der Waals surface area (Å²) in [4.78, 5) is 22.9. The Morgan fingerprint density at radius 1 is 1.40 bits per heavy atom. The van der Waals surface area contributed by atoms with Crippen LogP contribution in [0.4, 0.5) is 0 Å². The fourth-order valence-corrected chi connectivity index (χ4v) is 1.56. The summed E-state index contributed by atoms with van der Waals surface area (Å²) in [5.74, 6) is 0.732. The molecular formula is C15H21NO4. The molecule has 0 bridgehead atoms. The molecule has 0 aliphatic carbocycles. The van der Waals surface area contributed by atoms with Gasteiger partial charge >= 0.3 is 0 Å². The van der Waals surface area contributed by atoms with Crippen LogP contribution in [-0.4, -0.2) is 31.4 Å². The van der Waals surface area contributed by atoms with Gasteiger partial charge in [0.05, 0.1) is 12.7 Å². The van der Waals surface area contributed by atoms with Crippen LogP contribution in [0.5, 0.6) is 11.5 Å². The van der Waals surface area contributed by atoms with Crippen molar-refractivity contribution in [2.45, 2.75) is 39.3 Å². The van der Waals surface area contributed by atoms with Crippen molar-refractivity contribution in [1.29, 1.82) is 0 Å². The molecule has 1 rings (SSSR count). The second kappa shape index (κ2) is 7.53. The largest absolute Gasteiger partial charge is 0.497 e. The number of hydrogen-bond acceptors (Lipinski definition) is 4. The van der Waals surface area contributed by atoms with E-state index in [-0.39, 0.29) is 11.9 Å². The zero-order chi connectivity index (χ0) is 15.1. The van der Waals surface area contributed by atoms with Crippen LogP contribution in [0.1, 0.15) is 37.6 Å². The predicted molar refractivity (Wildman–Crippen MR) is 76.4 cm³/mol. The minimum atomic E-state index is -0.670. The zero-order valence-corrected chi connectivity index (χ0v) is 12.3. The molecule has 0 fully saturated rings. The number of rotatable bonds is 7. The van der Waals surface area contributed by atoms with Crippen molar-refractivity contribution >= 4 is 12.2 Å². The third-order valence-electron chi connectivity index (χ3n) is 3.02. The van der Waals surface area contributed by atoms with Crippen molar-refractivity contribution in [1.82, 2.24) is 5.32 Å². The van der Waals surface area contributed by atoms with Crippen LogP contribution < -0.4 is 14.8 Å². The average molecular weight is 279 g/mol. The fourth-order valence-electron chi connectivity index (χ4n) is 1.56. The molecule has 1 aromatic carbocycles. The lowest BCUT2D eigenvalue weighted by molar-refractivity contribution is -0.127. The number of carbonyl (C=O) groups is 2. The molecule has 5 heteroatoms. The molecular weight excluding hydrogens is 258 g/mol. The fraction of sp³-hybridized carbons (Fsp3) is 0.467. The summed E-state index contributed by atoms with van der Waals surface area (Å²) in [6, 6.07) is 4.97. The number of methoxy groups -OCH3 is 1. The number of ether oxygens (including phenoxy) is 2. The second-order valence-electron chi connectivity index (χ2n) is 4.60. The number of aldehydes is 1. The van der Waals surface area contributed by atoms with Gasteiger partial charge in [-0.15, -0.1) is 0 Å². The maximum Gasteiger partial charge on any atom is 0.260 e. The van der Waals surface area contributed by atoms with E-state index < -0.39 is 6.10 Å². The molecule has 0 saturated heterocycles. The van der Waals surface area contributed by atoms with Gasteiger partial charge in [0.2, 0.25) is 0 Å². The molecule has 2 atom stereocenters. The van der Waals surface area contributed by atoms with E-state index >= 15 is 0 Å². The monoisotopic (exact) mass is 279 g/mol. The number of carbonyl (C=O) groups excluding carboxylic acids is 2. The van der Waals surface area contributed by atoms with Gasteiger partial charge in [0.25, 0.3) is 5.91 Å². The normalized spacial score (nSPS) is 13.2. The molecule has 0 saturated carbocycles. The van der Waals surface area contributed by atoms with Crippen LogP contribution in [0.3, 0.4) is 0 Å². The topological polar surface area (TPSA) is 64.6 Å². The van der Waals surface area contributed by atoms with E-state index in [1.807, 2.05) is 13.8 Å². The van der Waals surface area contributed by atoms with E-state index in [0.717, 1.165) is 6.42 Å². The number of benzene rings is 1. The Labute approximate surface area is 119 Å². The summed E-state index contributed by atoms with van der Waals surface area (Å²) >= 11 is 0. The molecule has 110 valence electrons. The standard InChI is InChI=1S/C15H21NO4/c1-5-10(2)16-15(18)11(3)20-14-7-6-13(19-4)8-12(14)9-17/h6-11H,5H2,1-4H3,(H,16,18). The third kappa shape index (κ3) is 4.26. The maximum absolute atomic E-state index is 11.9. The van der Waals surface area contributed by atoms with E-state index in [2.05, 4.69) is 5.32 Å². The van der Waals surface area contributed by atoms with Crippen molar-refractivity contribution in [3.63, 3.8) is 0 Å². The molecule has 1 amide bonds. The highest BCUT2D eigenvalue weighted by atomic mass is 16.5. The van der Waals surface area contributed by atoms with Crippen LogP contribution >= 0.6 is 0 Å². The Kier molecular flexibility index (Phi) is 6.03. The molecule has 0 heterocycles. The molecule has 0 spiro atoms. The number of hydrogen-bond donors (Lipinski definition) is 1. The molecule has 0 radical (unpaired) electrons. The van der Waals surface area contributed by atoms with Crippen LogP contribution in [0.25, 0.3) is 0 Å². The Balaban J connectivity index is 2.77. The molecule has 0 aliphatic heterocycles. The minimum absolute atomic E-state index is 0.0926. The third-order valence-corrected chi connectivity index (χ3v) is 3.02. The highest BCUT2D eigenvalue weighted by Gasteiger charge is 2.17. The quantitative estimate of drug-likeness (QED) is 0.777. The first-order chi connectivity index (χ1) is 9.51. The van der Waals surface area contributed by atoms with Crippen molar-refractivity contribution in [2.24, 2.45) is 0 Å². The summed E-state index contributed by atoms with van der Waals surface area (Å²) in [5.41, 5.74) is 0.354. The summed E-state index contributed by atoms with van der Waals surface area (Å²) in [5, 5.41) is 2.83. The second-order valence-corrected chi connectivity index (χ2v) is 4.60. The van der Waals surface area contributed by atoms with Gasteiger partial charge < -0.3 is 14.8 Å². The zero-order valence-electron chi connectivity index (χ0n) is 12.3. The van der Waals surface area contributed by atoms with E-state index in [9.17, 15) is 9.59 Å². The highest BCUT2D eigenvalue weighted by molar-refractivity contribution is 5.83. The Bertz CT molecular complexity index is 473. The molecule has 0 aliphatic rings. The SMILES string of the molecule is CCC(C)NC(=O)C(C)Oc1ccc(OC)cc1C=O. The van der Waals surface area contributed by atoms with Gasteiger partial charge in [0.1, 0.15) is 11.5 Å². The first-order valence-electron chi connectivity index (χ1n) is 6.62. The van der Waals surface area contributed by atoms with Crippen LogP contribution in [0.2, 0.25) is 0 Å². The van der Waals surface area contributed by atoms with Crippen LogP contribution in [-0.2, 0) is 4.79 Å². The van der Waals surface area contributed by atoms with Gasteiger partial charge in [-0.1, -0.05) is 6.92 Å². The van der Waals surface area contributed by atoms with Crippen molar-refractivity contribution < 1.29 is 19.1 Å². The first kappa shape index (κ1) is 16.0. The molecule has 1 aromatic rings. The molecule has 5 nitrogen and oxygen atoms in total. The van der Waals surface area contributed by atoms with E-state index in [0.29, 0.717) is 23.3 Å². The average Bonchev–Trinajstić information content (AvgIpc) is 2.47. The minimum Gasteiger partial charge on any atom is -0.497 e. The van der Waals surface area contributed by atoms with Gasteiger partial charge in [0, 0.05) is 6.04 Å². The lowest BCUT2D eigenvalue weighted by atomic mass is 10.2. The van der Waals surface area contributed by atoms with E-state index in [1.165, 1.54) is 7.11 Å². The Morgan fingerprint density at radius 3 is 2.65 bits per heavy atom. The number of amides is 1. The number of nitrogens with one attached hydrogen (secondary N) is 1. The predicted octanol–water partition coefficient (Wildman–Crippen LogP) is 2.19. The lowest BCUT2D eigenvalue weighted by Gasteiger charge is -2.18. The maximum atomic E-state index is 11.9. The van der Waals surface area contributed by atoms with Crippen molar-refractivity contribution in [2.75, 3.05) is 7.11 Å². The highest BCUT2D eigenvalue weighted by Crippen LogP contribution is 2.23. The van der Waals surface area contributed by atoms with Crippen molar-refractivity contribution in [3.05, 3.63) is 23.8 Å². The van der Waals surface area contributed by atoms with Gasteiger partial charge in [-0.2, -0.15) is 0 Å². The first-order valence-corrected chi connectivity index (χ1v) is 6.62. The summed E-state index contributed by atoms with van der Waals surface area (Å²) in [6.45, 7) is 5.57. The van der Waals surface area contributed by atoms with Gasteiger partial charge in [-0.05, 0) is 38.5 Å². The molecule has 2 unspecified atom stereocenters. The Morgan fingerprint density at radius 2 is 2.10 bits per heavy atom. The van der Waals surface area contributed by atoms with Gasteiger partial charge in [-0.25, -0.2) is 0 Å². The summed E-state index contributed by atoms with van der Waals surface area (Å²) in [6.07, 6.45) is 0.855. The summed E-state index contributed by atoms with van der Waals surface area (Å²) < 4.78 is 10.6. The van der Waals surface area contributed by atoms with E-state index in [4.69, 9.17) is 9.47 Å². The van der Waals surface area contributed by atoms with E-state index in [1.54, 1.807) is 25.1 Å². The van der Waals surface area contributed by atoms with Gasteiger partial charge in [-0.3, -0.25) is 9.59 Å². The smallest absolute Gasteiger partial charge is 0.260 e.